The van der Waals surface area contributed by atoms with E-state index in [0.29, 0.717) is 31.6 Å². The standard InChI is InChI=1S/C17H20F3N5O/c1-11-22-14-5-4-12(10-13(14)15(23-11)17(18,19)20)16(26)24(2)8-9-25-7-3-6-21-25/h3,6-7,12H,4-5,8-10H2,1-2H3. The molecule has 9 heteroatoms. The smallest absolute Gasteiger partial charge is 0.344 e. The first-order valence-electron chi connectivity index (χ1n) is 8.41. The summed E-state index contributed by atoms with van der Waals surface area (Å²) in [5.41, 5.74) is -0.432. The molecular weight excluding hydrogens is 347 g/mol. The number of hydrogen-bond donors (Lipinski definition) is 0. The van der Waals surface area contributed by atoms with E-state index in [1.165, 1.54) is 6.92 Å². The van der Waals surface area contributed by atoms with Crippen LogP contribution in [-0.2, 0) is 30.4 Å². The highest BCUT2D eigenvalue weighted by Gasteiger charge is 2.40. The lowest BCUT2D eigenvalue weighted by Crippen LogP contribution is -2.38. The Bertz CT molecular complexity index is 788. The quantitative estimate of drug-likeness (QED) is 0.832. The second-order valence-corrected chi connectivity index (χ2v) is 6.51. The fourth-order valence-electron chi connectivity index (χ4n) is 3.29. The van der Waals surface area contributed by atoms with Crippen LogP contribution in [0.2, 0.25) is 0 Å². The molecule has 6 nitrogen and oxygen atoms in total. The number of rotatable bonds is 4. The number of carbonyl (C=O) groups excluding carboxylic acids is 1. The van der Waals surface area contributed by atoms with Gasteiger partial charge >= 0.3 is 6.18 Å². The summed E-state index contributed by atoms with van der Waals surface area (Å²) in [6.45, 7) is 2.44. The molecule has 26 heavy (non-hydrogen) atoms. The number of halogens is 3. The minimum Gasteiger partial charge on any atom is -0.344 e. The van der Waals surface area contributed by atoms with E-state index in [4.69, 9.17) is 0 Å². The van der Waals surface area contributed by atoms with Gasteiger partial charge in [-0.1, -0.05) is 0 Å². The van der Waals surface area contributed by atoms with Gasteiger partial charge in [-0.3, -0.25) is 9.48 Å². The SMILES string of the molecule is Cc1nc2c(c(C(F)(F)F)n1)CC(C(=O)N(C)CCn1cccn1)CC2. The van der Waals surface area contributed by atoms with E-state index in [9.17, 15) is 18.0 Å². The summed E-state index contributed by atoms with van der Waals surface area (Å²) in [4.78, 5) is 22.0. The lowest BCUT2D eigenvalue weighted by atomic mass is 9.84. The van der Waals surface area contributed by atoms with Crippen molar-refractivity contribution in [3.8, 4) is 0 Å². The second kappa shape index (κ2) is 7.05. The van der Waals surface area contributed by atoms with E-state index < -0.39 is 17.8 Å². The van der Waals surface area contributed by atoms with Crippen LogP contribution in [0.4, 0.5) is 13.2 Å². The van der Waals surface area contributed by atoms with Gasteiger partial charge in [0, 0.05) is 43.2 Å². The minimum atomic E-state index is -4.55. The van der Waals surface area contributed by atoms with Crippen molar-refractivity contribution in [3.05, 3.63) is 41.2 Å². The Morgan fingerprint density at radius 2 is 2.15 bits per heavy atom. The Morgan fingerprint density at radius 3 is 2.81 bits per heavy atom. The molecule has 0 bridgehead atoms. The van der Waals surface area contributed by atoms with Gasteiger partial charge in [-0.15, -0.1) is 0 Å². The van der Waals surface area contributed by atoms with Gasteiger partial charge in [0.25, 0.3) is 0 Å². The molecule has 2 heterocycles. The molecule has 0 aromatic carbocycles. The second-order valence-electron chi connectivity index (χ2n) is 6.51. The molecule has 1 aliphatic rings. The Balaban J connectivity index is 1.73. The fraction of sp³-hybridized carbons (Fsp3) is 0.529. The Labute approximate surface area is 149 Å². The molecule has 1 aliphatic carbocycles. The number of likely N-dealkylation sites (N-methyl/N-ethyl adjacent to an activating group) is 1. The number of aromatic nitrogens is 4. The molecule has 0 aliphatic heterocycles. The zero-order chi connectivity index (χ0) is 18.9. The van der Waals surface area contributed by atoms with E-state index >= 15 is 0 Å². The predicted octanol–water partition coefficient (Wildman–Crippen LogP) is 2.26. The summed E-state index contributed by atoms with van der Waals surface area (Å²) in [6.07, 6.45) is -0.230. The molecule has 0 saturated carbocycles. The van der Waals surface area contributed by atoms with Crippen LogP contribution >= 0.6 is 0 Å². The summed E-state index contributed by atoms with van der Waals surface area (Å²) < 4.78 is 41.7. The normalized spacial score (nSPS) is 17.0. The summed E-state index contributed by atoms with van der Waals surface area (Å²) in [5.74, 6) is -0.536. The van der Waals surface area contributed by atoms with Gasteiger partial charge in [0.15, 0.2) is 5.69 Å². The van der Waals surface area contributed by atoms with E-state index in [1.807, 2.05) is 0 Å². The molecular formula is C17H20F3N5O. The van der Waals surface area contributed by atoms with Crippen LogP contribution in [0.5, 0.6) is 0 Å². The molecule has 3 rings (SSSR count). The number of amides is 1. The van der Waals surface area contributed by atoms with E-state index in [-0.39, 0.29) is 23.7 Å². The molecule has 1 unspecified atom stereocenters. The van der Waals surface area contributed by atoms with Crippen molar-refractivity contribution in [2.24, 2.45) is 5.92 Å². The Hall–Kier alpha value is -2.45. The van der Waals surface area contributed by atoms with Gasteiger partial charge < -0.3 is 4.90 Å². The number of hydrogen-bond acceptors (Lipinski definition) is 4. The molecule has 0 fully saturated rings. The topological polar surface area (TPSA) is 63.9 Å². The summed E-state index contributed by atoms with van der Waals surface area (Å²) >= 11 is 0. The number of aryl methyl sites for hydroxylation is 2. The molecule has 2 aromatic heterocycles. The molecule has 0 saturated heterocycles. The van der Waals surface area contributed by atoms with Crippen molar-refractivity contribution in [2.75, 3.05) is 13.6 Å². The van der Waals surface area contributed by atoms with Crippen molar-refractivity contribution in [2.45, 2.75) is 38.9 Å². The lowest BCUT2D eigenvalue weighted by molar-refractivity contribution is -0.143. The zero-order valence-electron chi connectivity index (χ0n) is 14.6. The van der Waals surface area contributed by atoms with Crippen molar-refractivity contribution in [1.29, 1.82) is 0 Å². The van der Waals surface area contributed by atoms with E-state index in [1.54, 1.807) is 35.1 Å². The molecule has 2 aromatic rings. The number of nitrogens with zero attached hydrogens (tertiary/aromatic N) is 5. The van der Waals surface area contributed by atoms with Gasteiger partial charge in [0.05, 0.1) is 6.54 Å². The fourth-order valence-corrected chi connectivity index (χ4v) is 3.29. The first-order chi connectivity index (χ1) is 12.3. The highest BCUT2D eigenvalue weighted by molar-refractivity contribution is 5.79. The Morgan fingerprint density at radius 1 is 1.38 bits per heavy atom. The van der Waals surface area contributed by atoms with Gasteiger partial charge in [-0.2, -0.15) is 18.3 Å². The van der Waals surface area contributed by atoms with Crippen LogP contribution in [0.15, 0.2) is 18.5 Å². The van der Waals surface area contributed by atoms with Gasteiger partial charge in [0.2, 0.25) is 5.91 Å². The van der Waals surface area contributed by atoms with Crippen LogP contribution in [0.3, 0.4) is 0 Å². The summed E-state index contributed by atoms with van der Waals surface area (Å²) in [6, 6.07) is 1.79. The lowest BCUT2D eigenvalue weighted by Gasteiger charge is -2.29. The van der Waals surface area contributed by atoms with Crippen LogP contribution in [0.1, 0.15) is 29.2 Å². The molecule has 0 N–H and O–H groups in total. The highest BCUT2D eigenvalue weighted by atomic mass is 19.4. The maximum atomic E-state index is 13.3. The van der Waals surface area contributed by atoms with Gasteiger partial charge in [-0.05, 0) is 32.3 Å². The summed E-state index contributed by atoms with van der Waals surface area (Å²) in [7, 11) is 1.66. The predicted molar refractivity (Wildman–Crippen MR) is 87.2 cm³/mol. The van der Waals surface area contributed by atoms with Gasteiger partial charge in [-0.25, -0.2) is 9.97 Å². The molecule has 0 spiro atoms. The average Bonchev–Trinajstić information content (AvgIpc) is 3.10. The minimum absolute atomic E-state index is 0.0232. The first-order valence-corrected chi connectivity index (χ1v) is 8.41. The number of carbonyl (C=O) groups is 1. The highest BCUT2D eigenvalue weighted by Crippen LogP contribution is 2.36. The van der Waals surface area contributed by atoms with Crippen molar-refractivity contribution < 1.29 is 18.0 Å². The van der Waals surface area contributed by atoms with Crippen LogP contribution in [0.25, 0.3) is 0 Å². The first kappa shape index (κ1) is 18.3. The summed E-state index contributed by atoms with van der Waals surface area (Å²) in [5, 5.41) is 4.07. The van der Waals surface area contributed by atoms with Crippen molar-refractivity contribution in [3.63, 3.8) is 0 Å². The monoisotopic (exact) mass is 367 g/mol. The van der Waals surface area contributed by atoms with Gasteiger partial charge in [0.1, 0.15) is 5.82 Å². The molecule has 1 amide bonds. The maximum Gasteiger partial charge on any atom is 0.433 e. The molecule has 0 radical (unpaired) electrons. The third-order valence-electron chi connectivity index (χ3n) is 4.60. The van der Waals surface area contributed by atoms with Crippen LogP contribution in [-0.4, -0.2) is 44.1 Å². The van der Waals surface area contributed by atoms with Crippen LogP contribution in [0, 0.1) is 12.8 Å². The average molecular weight is 367 g/mol. The van der Waals surface area contributed by atoms with Crippen molar-refractivity contribution in [1.82, 2.24) is 24.6 Å². The van der Waals surface area contributed by atoms with E-state index in [0.717, 1.165) is 0 Å². The third kappa shape index (κ3) is 3.86. The maximum absolute atomic E-state index is 13.3. The number of alkyl halides is 3. The van der Waals surface area contributed by atoms with Crippen molar-refractivity contribution >= 4 is 5.91 Å². The Kier molecular flexibility index (Phi) is 4.97. The molecule has 1 atom stereocenters. The largest absolute Gasteiger partial charge is 0.433 e. The zero-order valence-corrected chi connectivity index (χ0v) is 14.6. The third-order valence-corrected chi connectivity index (χ3v) is 4.60. The van der Waals surface area contributed by atoms with E-state index in [2.05, 4.69) is 15.1 Å². The van der Waals surface area contributed by atoms with Crippen LogP contribution < -0.4 is 0 Å². The molecule has 140 valence electrons. The number of fused-ring (bicyclic) bond motifs is 1.